The Hall–Kier alpha value is -1.90. The van der Waals surface area contributed by atoms with Gasteiger partial charge < -0.3 is 5.32 Å². The smallest absolute Gasteiger partial charge is 0.238 e. The summed E-state index contributed by atoms with van der Waals surface area (Å²) in [4.78, 5) is 21.6. The summed E-state index contributed by atoms with van der Waals surface area (Å²) in [7, 11) is 0. The van der Waals surface area contributed by atoms with Gasteiger partial charge in [0.25, 0.3) is 0 Å². The number of carbonyl (C=O) groups is 1. The van der Waals surface area contributed by atoms with Gasteiger partial charge in [0, 0.05) is 6.20 Å². The summed E-state index contributed by atoms with van der Waals surface area (Å²) in [5, 5.41) is 12.4. The van der Waals surface area contributed by atoms with E-state index in [0.717, 1.165) is 4.88 Å². The Morgan fingerprint density at radius 3 is 3.00 bits per heavy atom. The maximum Gasteiger partial charge on any atom is 0.238 e. The number of amides is 1. The van der Waals surface area contributed by atoms with Gasteiger partial charge in [0.1, 0.15) is 5.82 Å². The molecule has 3 aromatic heterocycles. The molecule has 0 spiro atoms. The van der Waals surface area contributed by atoms with Crippen molar-refractivity contribution in [1.29, 1.82) is 0 Å². The number of aromatic amines is 1. The Kier molecular flexibility index (Phi) is 4.94. The largest absolute Gasteiger partial charge is 0.310 e. The minimum atomic E-state index is -0.362. The van der Waals surface area contributed by atoms with Crippen molar-refractivity contribution in [3.05, 3.63) is 40.9 Å². The maximum atomic E-state index is 12.2. The number of aromatic nitrogens is 4. The van der Waals surface area contributed by atoms with E-state index in [1.54, 1.807) is 30.4 Å². The van der Waals surface area contributed by atoms with Crippen LogP contribution >= 0.6 is 34.7 Å². The molecule has 0 saturated heterocycles. The Morgan fingerprint density at radius 2 is 2.30 bits per heavy atom. The van der Waals surface area contributed by atoms with Gasteiger partial charge >= 0.3 is 0 Å². The molecule has 0 aliphatic heterocycles. The van der Waals surface area contributed by atoms with Crippen molar-refractivity contribution in [2.75, 3.05) is 5.32 Å². The molecule has 118 valence electrons. The molecule has 3 aromatic rings. The molecule has 0 aliphatic carbocycles. The van der Waals surface area contributed by atoms with E-state index in [1.165, 1.54) is 18.0 Å². The quantitative estimate of drug-likeness (QED) is 0.673. The highest BCUT2D eigenvalue weighted by atomic mass is 35.5. The molecule has 2 N–H and O–H groups in total. The minimum Gasteiger partial charge on any atom is -0.310 e. The predicted octanol–water partition coefficient (Wildman–Crippen LogP) is 3.70. The van der Waals surface area contributed by atoms with Gasteiger partial charge in [0.15, 0.2) is 5.82 Å². The fourth-order valence-corrected chi connectivity index (χ4v) is 3.21. The first-order valence-corrected chi connectivity index (χ1v) is 8.81. The molecule has 3 rings (SSSR count). The van der Waals surface area contributed by atoms with Crippen molar-refractivity contribution < 1.29 is 4.79 Å². The van der Waals surface area contributed by atoms with Crippen molar-refractivity contribution in [3.8, 4) is 10.7 Å². The Bertz CT molecular complexity index is 788. The molecular weight excluding hydrogens is 354 g/mol. The van der Waals surface area contributed by atoms with E-state index in [9.17, 15) is 4.79 Å². The molecule has 23 heavy (non-hydrogen) atoms. The van der Waals surface area contributed by atoms with Gasteiger partial charge in [0.05, 0.1) is 15.1 Å². The van der Waals surface area contributed by atoms with Crippen LogP contribution in [0.25, 0.3) is 10.7 Å². The predicted molar refractivity (Wildman–Crippen MR) is 92.9 cm³/mol. The molecule has 0 unspecified atom stereocenters. The van der Waals surface area contributed by atoms with E-state index >= 15 is 0 Å². The van der Waals surface area contributed by atoms with Crippen LogP contribution in [0, 0.1) is 0 Å². The van der Waals surface area contributed by atoms with Crippen molar-refractivity contribution >= 4 is 46.4 Å². The lowest BCUT2D eigenvalue weighted by Crippen LogP contribution is -2.23. The number of hydrogen-bond donors (Lipinski definition) is 2. The summed E-state index contributed by atoms with van der Waals surface area (Å²) >= 11 is 8.62. The van der Waals surface area contributed by atoms with Gasteiger partial charge in [-0.3, -0.25) is 9.89 Å². The molecule has 0 saturated carbocycles. The van der Waals surface area contributed by atoms with Gasteiger partial charge in [-0.2, -0.15) is 0 Å². The topological polar surface area (TPSA) is 83.6 Å². The number of nitrogens with one attached hydrogen (secondary N) is 2. The average molecular weight is 366 g/mol. The number of thioether (sulfide) groups is 1. The lowest BCUT2D eigenvalue weighted by molar-refractivity contribution is -0.115. The van der Waals surface area contributed by atoms with E-state index in [0.29, 0.717) is 21.8 Å². The lowest BCUT2D eigenvalue weighted by Gasteiger charge is -2.09. The van der Waals surface area contributed by atoms with Gasteiger partial charge in [-0.25, -0.2) is 9.97 Å². The van der Waals surface area contributed by atoms with Crippen LogP contribution in [-0.2, 0) is 4.79 Å². The standard InChI is InChI=1S/C14H12ClN5OS2/c1-8(13(21)17-11-5-4-9(15)7-16-11)23-14-18-12(19-20-14)10-3-2-6-22-10/h2-8H,1H3,(H,16,17,21)(H,18,19,20)/t8-/m1/s1. The van der Waals surface area contributed by atoms with E-state index in [4.69, 9.17) is 11.6 Å². The van der Waals surface area contributed by atoms with Crippen LogP contribution < -0.4 is 5.32 Å². The maximum absolute atomic E-state index is 12.2. The zero-order valence-electron chi connectivity index (χ0n) is 12.0. The second kappa shape index (κ2) is 7.12. The fourth-order valence-electron chi connectivity index (χ4n) is 1.71. The third kappa shape index (κ3) is 4.10. The minimum absolute atomic E-state index is 0.174. The number of carbonyl (C=O) groups excluding carboxylic acids is 1. The molecule has 0 aliphatic rings. The number of H-pyrrole nitrogens is 1. The number of thiophene rings is 1. The van der Waals surface area contributed by atoms with Crippen LogP contribution in [0.2, 0.25) is 5.02 Å². The molecule has 9 heteroatoms. The first-order valence-electron chi connectivity index (χ1n) is 6.67. The third-order valence-corrected chi connectivity index (χ3v) is 4.91. The Balaban J connectivity index is 1.61. The Morgan fingerprint density at radius 1 is 1.43 bits per heavy atom. The normalized spacial score (nSPS) is 12.1. The lowest BCUT2D eigenvalue weighted by atomic mass is 10.4. The van der Waals surface area contributed by atoms with E-state index in [-0.39, 0.29) is 11.2 Å². The van der Waals surface area contributed by atoms with Crippen LogP contribution in [0.3, 0.4) is 0 Å². The highest BCUT2D eigenvalue weighted by Gasteiger charge is 2.18. The van der Waals surface area contributed by atoms with Crippen LogP contribution in [-0.4, -0.2) is 31.3 Å². The van der Waals surface area contributed by atoms with E-state index in [1.807, 2.05) is 17.5 Å². The van der Waals surface area contributed by atoms with Crippen molar-refractivity contribution in [1.82, 2.24) is 20.2 Å². The summed E-state index contributed by atoms with van der Waals surface area (Å²) in [6.45, 7) is 1.79. The summed E-state index contributed by atoms with van der Waals surface area (Å²) in [6.07, 6.45) is 1.48. The van der Waals surface area contributed by atoms with Gasteiger partial charge in [-0.05, 0) is 30.5 Å². The molecule has 3 heterocycles. The van der Waals surface area contributed by atoms with Crippen molar-refractivity contribution in [3.63, 3.8) is 0 Å². The molecule has 0 aromatic carbocycles. The Labute approximate surface area is 145 Å². The summed E-state index contributed by atoms with van der Waals surface area (Å²) < 4.78 is 0. The number of pyridine rings is 1. The SMILES string of the molecule is C[C@@H](Sc1n[nH]c(-c2cccs2)n1)C(=O)Nc1ccc(Cl)cn1. The van der Waals surface area contributed by atoms with Crippen LogP contribution in [0.4, 0.5) is 5.82 Å². The molecule has 6 nitrogen and oxygen atoms in total. The molecule has 1 atom stereocenters. The number of hydrogen-bond acceptors (Lipinski definition) is 6. The second-order valence-electron chi connectivity index (χ2n) is 4.55. The third-order valence-electron chi connectivity index (χ3n) is 2.85. The zero-order valence-corrected chi connectivity index (χ0v) is 14.4. The van der Waals surface area contributed by atoms with Crippen LogP contribution in [0.1, 0.15) is 6.92 Å². The number of nitrogens with zero attached hydrogens (tertiary/aromatic N) is 3. The number of rotatable bonds is 5. The van der Waals surface area contributed by atoms with Crippen LogP contribution in [0.5, 0.6) is 0 Å². The van der Waals surface area contributed by atoms with Gasteiger partial charge in [0.2, 0.25) is 11.1 Å². The van der Waals surface area contributed by atoms with Crippen LogP contribution in [0.15, 0.2) is 41.0 Å². The average Bonchev–Trinajstić information content (AvgIpc) is 3.20. The van der Waals surface area contributed by atoms with E-state index < -0.39 is 0 Å². The zero-order chi connectivity index (χ0) is 16.2. The fraction of sp³-hybridized carbons (Fsp3) is 0.143. The first-order chi connectivity index (χ1) is 11.1. The first kappa shape index (κ1) is 16.0. The molecule has 0 bridgehead atoms. The number of halogens is 1. The molecule has 0 radical (unpaired) electrons. The van der Waals surface area contributed by atoms with Crippen molar-refractivity contribution in [2.45, 2.75) is 17.3 Å². The highest BCUT2D eigenvalue weighted by Crippen LogP contribution is 2.25. The monoisotopic (exact) mass is 365 g/mol. The molecule has 0 fully saturated rings. The molecule has 1 amide bonds. The van der Waals surface area contributed by atoms with Crippen molar-refractivity contribution in [2.24, 2.45) is 0 Å². The van der Waals surface area contributed by atoms with E-state index in [2.05, 4.69) is 25.5 Å². The van der Waals surface area contributed by atoms with Gasteiger partial charge in [-0.15, -0.1) is 16.4 Å². The second-order valence-corrected chi connectivity index (χ2v) is 7.25. The molecular formula is C14H12ClN5OS2. The summed E-state index contributed by atoms with van der Waals surface area (Å²) in [5.74, 6) is 0.989. The highest BCUT2D eigenvalue weighted by molar-refractivity contribution is 8.00. The van der Waals surface area contributed by atoms with Gasteiger partial charge in [-0.1, -0.05) is 29.4 Å². The number of anilines is 1. The summed E-state index contributed by atoms with van der Waals surface area (Å²) in [5.41, 5.74) is 0. The summed E-state index contributed by atoms with van der Waals surface area (Å²) in [6, 6.07) is 7.23.